The molecule has 2 N–H and O–H groups in total. The van der Waals surface area contributed by atoms with E-state index in [4.69, 9.17) is 0 Å². The molecule has 0 aliphatic carbocycles. The van der Waals surface area contributed by atoms with Crippen LogP contribution in [0.4, 0.5) is 0 Å². The number of rotatable bonds is 10. The fourth-order valence-corrected chi connectivity index (χ4v) is 1.51. The zero-order valence-electron chi connectivity index (χ0n) is 10.7. The van der Waals surface area contributed by atoms with Crippen molar-refractivity contribution >= 4 is 5.91 Å². The first-order valence-electron chi connectivity index (χ1n) is 6.35. The Bertz CT molecular complexity index is 192. The van der Waals surface area contributed by atoms with Crippen LogP contribution in [0.1, 0.15) is 46.0 Å². The number of hydrogen-bond donors (Lipinski definition) is 2. The van der Waals surface area contributed by atoms with E-state index in [9.17, 15) is 4.79 Å². The number of nitrogens with one attached hydrogen (secondary N) is 2. The van der Waals surface area contributed by atoms with E-state index >= 15 is 0 Å². The molecular weight excluding hydrogens is 200 g/mol. The van der Waals surface area contributed by atoms with Gasteiger partial charge in [-0.1, -0.05) is 19.9 Å². The topological polar surface area (TPSA) is 41.1 Å². The predicted molar refractivity (Wildman–Crippen MR) is 69.4 cm³/mol. The fourth-order valence-electron chi connectivity index (χ4n) is 1.51. The predicted octanol–water partition coefficient (Wildman–Crippen LogP) is 2.24. The standard InChI is InChI=1S/C13H26N2O/c1-4-7-8-12(6-3)14-11-9-13(16)15-10-5-2/h4,12,14H,1,5-11H2,2-3H3,(H,15,16). The van der Waals surface area contributed by atoms with Gasteiger partial charge in [-0.25, -0.2) is 0 Å². The molecule has 0 heterocycles. The summed E-state index contributed by atoms with van der Waals surface area (Å²) in [6, 6.07) is 0.511. The molecule has 0 rings (SSSR count). The molecule has 0 aromatic carbocycles. The van der Waals surface area contributed by atoms with Gasteiger partial charge in [-0.05, 0) is 25.7 Å². The van der Waals surface area contributed by atoms with Crippen LogP contribution in [0.25, 0.3) is 0 Å². The van der Waals surface area contributed by atoms with E-state index in [0.29, 0.717) is 12.5 Å². The largest absolute Gasteiger partial charge is 0.356 e. The molecule has 0 spiro atoms. The van der Waals surface area contributed by atoms with Gasteiger partial charge in [0.05, 0.1) is 0 Å². The Labute approximate surface area is 99.7 Å². The average molecular weight is 226 g/mol. The molecular formula is C13H26N2O. The molecule has 1 atom stereocenters. The van der Waals surface area contributed by atoms with E-state index in [1.807, 2.05) is 6.08 Å². The van der Waals surface area contributed by atoms with E-state index in [2.05, 4.69) is 31.1 Å². The Kier molecular flexibility index (Phi) is 10.1. The van der Waals surface area contributed by atoms with Crippen LogP contribution in [0, 0.1) is 0 Å². The molecule has 1 amide bonds. The smallest absolute Gasteiger partial charge is 0.221 e. The normalized spacial score (nSPS) is 12.1. The van der Waals surface area contributed by atoms with Crippen molar-refractivity contribution in [2.45, 2.75) is 52.0 Å². The van der Waals surface area contributed by atoms with Gasteiger partial charge in [-0.15, -0.1) is 6.58 Å². The highest BCUT2D eigenvalue weighted by molar-refractivity contribution is 5.75. The molecule has 3 heteroatoms. The second-order valence-corrected chi connectivity index (χ2v) is 4.03. The second-order valence-electron chi connectivity index (χ2n) is 4.03. The number of amides is 1. The maximum Gasteiger partial charge on any atom is 0.221 e. The van der Waals surface area contributed by atoms with Crippen LogP contribution in [0.5, 0.6) is 0 Å². The minimum atomic E-state index is 0.146. The zero-order chi connectivity index (χ0) is 12.2. The highest BCUT2D eigenvalue weighted by atomic mass is 16.1. The first-order chi connectivity index (χ1) is 7.74. The molecule has 0 radical (unpaired) electrons. The number of allylic oxidation sites excluding steroid dienone is 1. The quantitative estimate of drug-likeness (QED) is 0.561. The van der Waals surface area contributed by atoms with Crippen molar-refractivity contribution in [3.63, 3.8) is 0 Å². The molecule has 0 aromatic rings. The SMILES string of the molecule is C=CCCC(CC)NCCC(=O)NCCC. The lowest BCUT2D eigenvalue weighted by Gasteiger charge is -2.15. The lowest BCUT2D eigenvalue weighted by atomic mass is 10.1. The molecule has 0 fully saturated rings. The maximum atomic E-state index is 11.3. The van der Waals surface area contributed by atoms with Crippen LogP contribution in [0.2, 0.25) is 0 Å². The molecule has 1 unspecified atom stereocenters. The zero-order valence-corrected chi connectivity index (χ0v) is 10.7. The van der Waals surface area contributed by atoms with E-state index < -0.39 is 0 Å². The van der Waals surface area contributed by atoms with Crippen molar-refractivity contribution in [1.82, 2.24) is 10.6 Å². The van der Waals surface area contributed by atoms with Gasteiger partial charge in [0.25, 0.3) is 0 Å². The van der Waals surface area contributed by atoms with Crippen molar-refractivity contribution < 1.29 is 4.79 Å². The van der Waals surface area contributed by atoms with Gasteiger partial charge in [0.1, 0.15) is 0 Å². The summed E-state index contributed by atoms with van der Waals surface area (Å²) in [7, 11) is 0. The van der Waals surface area contributed by atoms with Crippen LogP contribution in [-0.2, 0) is 4.79 Å². The van der Waals surface area contributed by atoms with Crippen LogP contribution >= 0.6 is 0 Å². The van der Waals surface area contributed by atoms with Gasteiger partial charge in [0, 0.05) is 25.6 Å². The minimum absolute atomic E-state index is 0.146. The summed E-state index contributed by atoms with van der Waals surface area (Å²) >= 11 is 0. The van der Waals surface area contributed by atoms with Crippen LogP contribution in [0.3, 0.4) is 0 Å². The van der Waals surface area contributed by atoms with E-state index in [0.717, 1.165) is 38.8 Å². The lowest BCUT2D eigenvalue weighted by molar-refractivity contribution is -0.121. The van der Waals surface area contributed by atoms with Crippen LogP contribution in [0.15, 0.2) is 12.7 Å². The molecule has 0 bridgehead atoms. The summed E-state index contributed by atoms with van der Waals surface area (Å²) in [6.45, 7) is 9.49. The second kappa shape index (κ2) is 10.7. The monoisotopic (exact) mass is 226 g/mol. The van der Waals surface area contributed by atoms with E-state index in [-0.39, 0.29) is 5.91 Å². The van der Waals surface area contributed by atoms with Gasteiger partial charge in [-0.2, -0.15) is 0 Å². The molecule has 0 aliphatic heterocycles. The summed E-state index contributed by atoms with van der Waals surface area (Å²) in [5.41, 5.74) is 0. The third kappa shape index (κ3) is 8.48. The Morgan fingerprint density at radius 1 is 1.38 bits per heavy atom. The summed E-state index contributed by atoms with van der Waals surface area (Å²) in [5, 5.41) is 6.28. The Morgan fingerprint density at radius 2 is 2.12 bits per heavy atom. The third-order valence-corrected chi connectivity index (χ3v) is 2.57. The van der Waals surface area contributed by atoms with Gasteiger partial charge < -0.3 is 10.6 Å². The van der Waals surface area contributed by atoms with Gasteiger partial charge in [0.2, 0.25) is 5.91 Å². The summed E-state index contributed by atoms with van der Waals surface area (Å²) in [4.78, 5) is 11.3. The average Bonchev–Trinajstić information content (AvgIpc) is 2.30. The number of hydrogen-bond acceptors (Lipinski definition) is 2. The van der Waals surface area contributed by atoms with E-state index in [1.54, 1.807) is 0 Å². The molecule has 3 nitrogen and oxygen atoms in total. The van der Waals surface area contributed by atoms with Crippen molar-refractivity contribution in [2.24, 2.45) is 0 Å². The van der Waals surface area contributed by atoms with Crippen molar-refractivity contribution in [1.29, 1.82) is 0 Å². The minimum Gasteiger partial charge on any atom is -0.356 e. The van der Waals surface area contributed by atoms with Crippen LogP contribution < -0.4 is 10.6 Å². The molecule has 0 saturated heterocycles. The van der Waals surface area contributed by atoms with Gasteiger partial charge >= 0.3 is 0 Å². The Balaban J connectivity index is 3.52. The number of carbonyl (C=O) groups excluding carboxylic acids is 1. The van der Waals surface area contributed by atoms with Gasteiger partial charge in [0.15, 0.2) is 0 Å². The summed E-state index contributed by atoms with van der Waals surface area (Å²) in [5.74, 6) is 0.146. The first-order valence-corrected chi connectivity index (χ1v) is 6.35. The molecule has 0 saturated carbocycles. The molecule has 0 aliphatic rings. The molecule has 94 valence electrons. The summed E-state index contributed by atoms with van der Waals surface area (Å²) < 4.78 is 0. The van der Waals surface area contributed by atoms with Crippen molar-refractivity contribution in [3.8, 4) is 0 Å². The Hall–Kier alpha value is -0.830. The van der Waals surface area contributed by atoms with Crippen molar-refractivity contribution in [2.75, 3.05) is 13.1 Å². The maximum absolute atomic E-state index is 11.3. The third-order valence-electron chi connectivity index (χ3n) is 2.57. The lowest BCUT2D eigenvalue weighted by Crippen LogP contribution is -2.33. The highest BCUT2D eigenvalue weighted by Crippen LogP contribution is 2.01. The summed E-state index contributed by atoms with van der Waals surface area (Å²) in [6.07, 6.45) is 6.76. The fraction of sp³-hybridized carbons (Fsp3) is 0.769. The first kappa shape index (κ1) is 15.2. The molecule has 16 heavy (non-hydrogen) atoms. The van der Waals surface area contributed by atoms with Crippen LogP contribution in [-0.4, -0.2) is 25.0 Å². The van der Waals surface area contributed by atoms with E-state index in [1.165, 1.54) is 0 Å². The van der Waals surface area contributed by atoms with Gasteiger partial charge in [-0.3, -0.25) is 4.79 Å². The number of carbonyl (C=O) groups is 1. The van der Waals surface area contributed by atoms with Crippen molar-refractivity contribution in [3.05, 3.63) is 12.7 Å². The molecule has 0 aromatic heterocycles. The Morgan fingerprint density at radius 3 is 2.69 bits per heavy atom. The highest BCUT2D eigenvalue weighted by Gasteiger charge is 2.05.